The van der Waals surface area contributed by atoms with E-state index in [2.05, 4.69) is 10.3 Å². The van der Waals surface area contributed by atoms with Gasteiger partial charge in [-0.15, -0.1) is 0 Å². The minimum Gasteiger partial charge on any atom is -0.478 e. The molecule has 0 bridgehead atoms. The molecule has 0 fully saturated rings. The first-order valence-electron chi connectivity index (χ1n) is 6.83. The van der Waals surface area contributed by atoms with Crippen molar-refractivity contribution in [2.45, 2.75) is 0 Å². The van der Waals surface area contributed by atoms with E-state index in [1.165, 1.54) is 42.6 Å². The van der Waals surface area contributed by atoms with Crippen LogP contribution in [0.4, 0.5) is 10.1 Å². The Labute approximate surface area is 140 Å². The predicted octanol–water partition coefficient (Wildman–Crippen LogP) is 3.98. The molecule has 120 valence electrons. The van der Waals surface area contributed by atoms with E-state index >= 15 is 0 Å². The lowest BCUT2D eigenvalue weighted by Gasteiger charge is -2.09. The molecule has 0 saturated carbocycles. The molecule has 0 saturated heterocycles. The van der Waals surface area contributed by atoms with E-state index in [1.54, 1.807) is 6.07 Å². The Morgan fingerprint density at radius 2 is 1.92 bits per heavy atom. The third-order valence-electron chi connectivity index (χ3n) is 3.37. The molecule has 0 atom stereocenters. The lowest BCUT2D eigenvalue weighted by molar-refractivity contribution is 0.0698. The van der Waals surface area contributed by atoms with E-state index in [0.29, 0.717) is 10.9 Å². The fraction of sp³-hybridized carbons (Fsp3) is 0. The van der Waals surface area contributed by atoms with Crippen molar-refractivity contribution in [2.75, 3.05) is 5.32 Å². The van der Waals surface area contributed by atoms with E-state index < -0.39 is 17.7 Å². The maximum absolute atomic E-state index is 13.2. The molecule has 1 amide bonds. The number of fused-ring (bicyclic) bond motifs is 1. The number of benzene rings is 2. The molecule has 2 aromatic carbocycles. The summed E-state index contributed by atoms with van der Waals surface area (Å²) in [5.41, 5.74) is 0.646. The number of hydrogen-bond donors (Lipinski definition) is 2. The van der Waals surface area contributed by atoms with Crippen LogP contribution in [-0.2, 0) is 0 Å². The van der Waals surface area contributed by atoms with Crippen LogP contribution in [0.15, 0.2) is 48.7 Å². The zero-order valence-corrected chi connectivity index (χ0v) is 12.8. The maximum atomic E-state index is 13.2. The van der Waals surface area contributed by atoms with Gasteiger partial charge in [-0.1, -0.05) is 11.6 Å². The summed E-state index contributed by atoms with van der Waals surface area (Å²) >= 11 is 5.78. The molecule has 2 N–H and O–H groups in total. The highest BCUT2D eigenvalue weighted by Gasteiger charge is 2.15. The summed E-state index contributed by atoms with van der Waals surface area (Å²) in [5.74, 6) is -2.15. The van der Waals surface area contributed by atoms with Crippen molar-refractivity contribution in [1.29, 1.82) is 0 Å². The average Bonchev–Trinajstić information content (AvgIpc) is 2.55. The highest BCUT2D eigenvalue weighted by molar-refractivity contribution is 6.31. The number of nitrogens with one attached hydrogen (secondary N) is 1. The van der Waals surface area contributed by atoms with E-state index in [-0.39, 0.29) is 21.8 Å². The second-order valence-electron chi connectivity index (χ2n) is 5.01. The number of rotatable bonds is 3. The molecular formula is C17H10ClFN2O3. The van der Waals surface area contributed by atoms with Gasteiger partial charge in [0.15, 0.2) is 0 Å². The van der Waals surface area contributed by atoms with Gasteiger partial charge in [-0.3, -0.25) is 9.78 Å². The van der Waals surface area contributed by atoms with Crippen LogP contribution in [0.3, 0.4) is 0 Å². The molecule has 3 aromatic rings. The van der Waals surface area contributed by atoms with Gasteiger partial charge in [0.05, 0.1) is 22.3 Å². The fourth-order valence-electron chi connectivity index (χ4n) is 2.22. The van der Waals surface area contributed by atoms with Gasteiger partial charge in [0.25, 0.3) is 5.91 Å². The van der Waals surface area contributed by atoms with Crippen molar-refractivity contribution in [2.24, 2.45) is 0 Å². The van der Waals surface area contributed by atoms with Gasteiger partial charge in [0.1, 0.15) is 5.82 Å². The molecule has 7 heteroatoms. The minimum atomic E-state index is -1.21. The predicted molar refractivity (Wildman–Crippen MR) is 88.1 cm³/mol. The Bertz CT molecular complexity index is 975. The van der Waals surface area contributed by atoms with Gasteiger partial charge in [-0.05, 0) is 36.4 Å². The van der Waals surface area contributed by atoms with E-state index in [1.807, 2.05) is 0 Å². The number of nitrogens with zero attached hydrogens (tertiary/aromatic N) is 1. The first-order valence-corrected chi connectivity index (χ1v) is 7.21. The number of hydrogen-bond acceptors (Lipinski definition) is 3. The molecule has 0 radical (unpaired) electrons. The number of carbonyl (C=O) groups is 2. The van der Waals surface area contributed by atoms with Crippen LogP contribution < -0.4 is 5.32 Å². The Balaban J connectivity index is 1.93. The molecule has 0 spiro atoms. The van der Waals surface area contributed by atoms with Crippen LogP contribution in [0.5, 0.6) is 0 Å². The first-order chi connectivity index (χ1) is 11.4. The van der Waals surface area contributed by atoms with Gasteiger partial charge in [-0.25, -0.2) is 9.18 Å². The van der Waals surface area contributed by atoms with E-state index in [0.717, 1.165) is 0 Å². The van der Waals surface area contributed by atoms with Crippen molar-refractivity contribution in [3.8, 4) is 0 Å². The summed E-state index contributed by atoms with van der Waals surface area (Å²) in [7, 11) is 0. The number of carbonyl (C=O) groups excluding carboxylic acids is 1. The molecular weight excluding hydrogens is 335 g/mol. The summed E-state index contributed by atoms with van der Waals surface area (Å²) in [6.45, 7) is 0. The van der Waals surface area contributed by atoms with Crippen LogP contribution in [0, 0.1) is 5.82 Å². The Hall–Kier alpha value is -2.99. The number of halogens is 2. The van der Waals surface area contributed by atoms with Crippen molar-refractivity contribution in [3.63, 3.8) is 0 Å². The second kappa shape index (κ2) is 6.25. The van der Waals surface area contributed by atoms with Gasteiger partial charge in [-0.2, -0.15) is 0 Å². The van der Waals surface area contributed by atoms with Crippen molar-refractivity contribution in [1.82, 2.24) is 4.98 Å². The molecule has 24 heavy (non-hydrogen) atoms. The standard InChI is InChI=1S/C17H10ClFN2O3/c18-11-2-4-14(13(6-11)17(23)24)21-16(22)10-5-9-1-3-12(19)7-15(9)20-8-10/h1-8H,(H,21,22)(H,23,24). The Morgan fingerprint density at radius 1 is 1.12 bits per heavy atom. The third kappa shape index (κ3) is 3.18. The number of aromatic carboxylic acids is 1. The quantitative estimate of drug-likeness (QED) is 0.753. The van der Waals surface area contributed by atoms with Crippen LogP contribution >= 0.6 is 11.6 Å². The maximum Gasteiger partial charge on any atom is 0.337 e. The fourth-order valence-corrected chi connectivity index (χ4v) is 2.39. The first kappa shape index (κ1) is 15.9. The van der Waals surface area contributed by atoms with Gasteiger partial charge in [0.2, 0.25) is 0 Å². The summed E-state index contributed by atoms with van der Waals surface area (Å²) in [5, 5.41) is 12.5. The van der Waals surface area contributed by atoms with Gasteiger partial charge in [0, 0.05) is 22.7 Å². The summed E-state index contributed by atoms with van der Waals surface area (Å²) < 4.78 is 13.2. The van der Waals surface area contributed by atoms with Crippen LogP contribution in [0.1, 0.15) is 20.7 Å². The molecule has 3 rings (SSSR count). The monoisotopic (exact) mass is 344 g/mol. The van der Waals surface area contributed by atoms with Crippen LogP contribution in [0.25, 0.3) is 10.9 Å². The van der Waals surface area contributed by atoms with Crippen molar-refractivity contribution < 1.29 is 19.1 Å². The molecule has 0 aliphatic heterocycles. The number of amides is 1. The molecule has 5 nitrogen and oxygen atoms in total. The van der Waals surface area contributed by atoms with Crippen LogP contribution in [-0.4, -0.2) is 22.0 Å². The molecule has 0 unspecified atom stereocenters. The smallest absolute Gasteiger partial charge is 0.337 e. The molecule has 0 aliphatic carbocycles. The summed E-state index contributed by atoms with van der Waals surface area (Å²) in [6, 6.07) is 9.73. The second-order valence-corrected chi connectivity index (χ2v) is 5.45. The van der Waals surface area contributed by atoms with Gasteiger partial charge < -0.3 is 10.4 Å². The Kier molecular flexibility index (Phi) is 4.14. The Morgan fingerprint density at radius 3 is 2.67 bits per heavy atom. The highest BCUT2D eigenvalue weighted by atomic mass is 35.5. The normalized spacial score (nSPS) is 10.6. The largest absolute Gasteiger partial charge is 0.478 e. The summed E-state index contributed by atoms with van der Waals surface area (Å²) in [4.78, 5) is 27.6. The number of carboxylic acid groups (broad SMARTS) is 1. The van der Waals surface area contributed by atoms with Crippen LogP contribution in [0.2, 0.25) is 5.02 Å². The topological polar surface area (TPSA) is 79.3 Å². The number of carboxylic acids is 1. The number of aromatic nitrogens is 1. The minimum absolute atomic E-state index is 0.119. The highest BCUT2D eigenvalue weighted by Crippen LogP contribution is 2.22. The molecule has 1 aromatic heterocycles. The molecule has 1 heterocycles. The lowest BCUT2D eigenvalue weighted by atomic mass is 10.1. The SMILES string of the molecule is O=C(Nc1ccc(Cl)cc1C(=O)O)c1cnc2cc(F)ccc2c1. The van der Waals surface area contributed by atoms with E-state index in [4.69, 9.17) is 11.6 Å². The number of anilines is 1. The zero-order chi connectivity index (χ0) is 17.3. The zero-order valence-electron chi connectivity index (χ0n) is 12.1. The summed E-state index contributed by atoms with van der Waals surface area (Å²) in [6.07, 6.45) is 1.30. The third-order valence-corrected chi connectivity index (χ3v) is 3.60. The van der Waals surface area contributed by atoms with Crippen molar-refractivity contribution in [3.05, 3.63) is 70.6 Å². The lowest BCUT2D eigenvalue weighted by Crippen LogP contribution is -2.15. The van der Waals surface area contributed by atoms with Gasteiger partial charge >= 0.3 is 5.97 Å². The average molecular weight is 345 g/mol. The molecule has 0 aliphatic rings. The van der Waals surface area contributed by atoms with Crippen molar-refractivity contribution >= 4 is 40.1 Å². The number of pyridine rings is 1. The van der Waals surface area contributed by atoms with E-state index in [9.17, 15) is 19.1 Å².